The molecule has 0 aliphatic carbocycles. The molecule has 0 saturated heterocycles. The van der Waals surface area contributed by atoms with Crippen molar-refractivity contribution < 1.29 is 4.79 Å². The van der Waals surface area contributed by atoms with Gasteiger partial charge in [-0.2, -0.15) is 0 Å². The number of pyridine rings is 1. The van der Waals surface area contributed by atoms with Crippen molar-refractivity contribution in [1.29, 1.82) is 0 Å². The average molecular weight is 291 g/mol. The number of aromatic nitrogens is 1. The maximum atomic E-state index is 11.9. The first-order valence-corrected chi connectivity index (χ1v) is 8.13. The number of hydrogen-bond acceptors (Lipinski definition) is 3. The van der Waals surface area contributed by atoms with Gasteiger partial charge in [0.2, 0.25) is 5.91 Å². The van der Waals surface area contributed by atoms with Gasteiger partial charge in [0, 0.05) is 31.7 Å². The molecule has 0 saturated carbocycles. The van der Waals surface area contributed by atoms with Crippen LogP contribution in [0.2, 0.25) is 0 Å². The molecule has 1 aromatic heterocycles. The average Bonchev–Trinajstić information content (AvgIpc) is 2.52. The number of amides is 1. The lowest BCUT2D eigenvalue weighted by Crippen LogP contribution is -2.33. The lowest BCUT2D eigenvalue weighted by atomic mass is 10.1. The van der Waals surface area contributed by atoms with E-state index in [1.807, 2.05) is 12.3 Å². The second kappa shape index (κ2) is 9.37. The van der Waals surface area contributed by atoms with Crippen LogP contribution < -0.4 is 10.2 Å². The minimum Gasteiger partial charge on any atom is -0.357 e. The first-order valence-electron chi connectivity index (χ1n) is 8.13. The van der Waals surface area contributed by atoms with Crippen molar-refractivity contribution in [3.05, 3.63) is 23.9 Å². The van der Waals surface area contributed by atoms with Crippen molar-refractivity contribution in [1.82, 2.24) is 10.3 Å². The number of carbonyl (C=O) groups is 1. The van der Waals surface area contributed by atoms with Crippen molar-refractivity contribution >= 4 is 11.7 Å². The third-order valence-corrected chi connectivity index (χ3v) is 3.89. The van der Waals surface area contributed by atoms with E-state index in [1.54, 1.807) is 0 Å². The Labute approximate surface area is 129 Å². The number of hydrogen-bond donors (Lipinski definition) is 1. The molecule has 1 heterocycles. The van der Waals surface area contributed by atoms with E-state index in [1.165, 1.54) is 5.56 Å². The number of anilines is 1. The number of rotatable bonds is 9. The fourth-order valence-electron chi connectivity index (χ4n) is 2.39. The van der Waals surface area contributed by atoms with E-state index in [0.717, 1.165) is 38.2 Å². The highest BCUT2D eigenvalue weighted by Gasteiger charge is 2.09. The van der Waals surface area contributed by atoms with Gasteiger partial charge in [-0.3, -0.25) is 4.79 Å². The summed E-state index contributed by atoms with van der Waals surface area (Å²) in [4.78, 5) is 18.6. The van der Waals surface area contributed by atoms with Crippen LogP contribution in [-0.4, -0.2) is 30.0 Å². The molecule has 4 heteroatoms. The van der Waals surface area contributed by atoms with Gasteiger partial charge in [-0.15, -0.1) is 0 Å². The van der Waals surface area contributed by atoms with Gasteiger partial charge >= 0.3 is 0 Å². The van der Waals surface area contributed by atoms with E-state index >= 15 is 0 Å². The molecule has 0 fully saturated rings. The van der Waals surface area contributed by atoms with E-state index in [-0.39, 0.29) is 5.91 Å². The summed E-state index contributed by atoms with van der Waals surface area (Å²) in [6.45, 7) is 10.4. The molecule has 1 aromatic rings. The molecule has 0 atom stereocenters. The predicted molar refractivity (Wildman–Crippen MR) is 88.6 cm³/mol. The van der Waals surface area contributed by atoms with Crippen molar-refractivity contribution in [2.24, 2.45) is 0 Å². The smallest absolute Gasteiger partial charge is 0.220 e. The van der Waals surface area contributed by atoms with Crippen LogP contribution in [0.15, 0.2) is 18.3 Å². The Morgan fingerprint density at radius 3 is 2.48 bits per heavy atom. The SMILES string of the molecule is CCC(CC)NC(=O)CCc1ccnc(N(CC)CC)c1. The van der Waals surface area contributed by atoms with Crippen LogP contribution in [0.4, 0.5) is 5.82 Å². The first-order chi connectivity index (χ1) is 10.1. The summed E-state index contributed by atoms with van der Waals surface area (Å²) in [5, 5.41) is 3.08. The quantitative estimate of drug-likeness (QED) is 0.760. The Morgan fingerprint density at radius 2 is 1.90 bits per heavy atom. The Bertz CT molecular complexity index is 426. The number of aryl methyl sites for hydroxylation is 1. The first kappa shape index (κ1) is 17.5. The zero-order valence-electron chi connectivity index (χ0n) is 13.9. The second-order valence-electron chi connectivity index (χ2n) is 5.28. The van der Waals surface area contributed by atoms with Gasteiger partial charge in [0.1, 0.15) is 5.82 Å². The molecule has 0 aromatic carbocycles. The monoisotopic (exact) mass is 291 g/mol. The minimum atomic E-state index is 0.143. The predicted octanol–water partition coefficient (Wildman–Crippen LogP) is 3.17. The lowest BCUT2D eigenvalue weighted by Gasteiger charge is -2.20. The summed E-state index contributed by atoms with van der Waals surface area (Å²) in [6, 6.07) is 4.40. The van der Waals surface area contributed by atoms with Crippen LogP contribution in [0.1, 0.15) is 52.5 Å². The van der Waals surface area contributed by atoms with Gasteiger partial charge in [0.25, 0.3) is 0 Å². The maximum absolute atomic E-state index is 11.9. The summed E-state index contributed by atoms with van der Waals surface area (Å²) < 4.78 is 0. The van der Waals surface area contributed by atoms with Crippen molar-refractivity contribution in [3.8, 4) is 0 Å². The molecule has 0 aliphatic rings. The summed E-state index contributed by atoms with van der Waals surface area (Å²) in [7, 11) is 0. The van der Waals surface area contributed by atoms with E-state index in [0.29, 0.717) is 12.5 Å². The van der Waals surface area contributed by atoms with Crippen LogP contribution in [0, 0.1) is 0 Å². The molecule has 21 heavy (non-hydrogen) atoms. The van der Waals surface area contributed by atoms with Gasteiger partial charge in [-0.05, 0) is 50.8 Å². The molecule has 0 radical (unpaired) electrons. The Hall–Kier alpha value is -1.58. The molecule has 1 N–H and O–H groups in total. The number of nitrogens with zero attached hydrogens (tertiary/aromatic N) is 2. The van der Waals surface area contributed by atoms with Crippen molar-refractivity contribution in [2.45, 2.75) is 59.4 Å². The third-order valence-electron chi connectivity index (χ3n) is 3.89. The van der Waals surface area contributed by atoms with Crippen LogP contribution >= 0.6 is 0 Å². The summed E-state index contributed by atoms with van der Waals surface area (Å²) in [6.07, 6.45) is 5.12. The molecular formula is C17H29N3O. The Kier molecular flexibility index (Phi) is 7.80. The zero-order valence-corrected chi connectivity index (χ0v) is 13.9. The third kappa shape index (κ3) is 5.74. The zero-order chi connectivity index (χ0) is 15.7. The standard InChI is InChI=1S/C17H29N3O/c1-5-15(6-2)19-17(21)10-9-14-11-12-18-16(13-14)20(7-3)8-4/h11-13,15H,5-10H2,1-4H3,(H,19,21). The molecule has 0 spiro atoms. The van der Waals surface area contributed by atoms with E-state index in [4.69, 9.17) is 0 Å². The van der Waals surface area contributed by atoms with E-state index in [2.05, 4.69) is 49.0 Å². The molecule has 4 nitrogen and oxygen atoms in total. The number of nitrogens with one attached hydrogen (secondary N) is 1. The highest BCUT2D eigenvalue weighted by molar-refractivity contribution is 5.76. The highest BCUT2D eigenvalue weighted by atomic mass is 16.1. The van der Waals surface area contributed by atoms with Gasteiger partial charge < -0.3 is 10.2 Å². The highest BCUT2D eigenvalue weighted by Crippen LogP contribution is 2.13. The fraction of sp³-hybridized carbons (Fsp3) is 0.647. The molecule has 0 aliphatic heterocycles. The maximum Gasteiger partial charge on any atom is 0.220 e. The molecule has 118 valence electrons. The van der Waals surface area contributed by atoms with Crippen molar-refractivity contribution in [2.75, 3.05) is 18.0 Å². The molecule has 0 unspecified atom stereocenters. The fourth-order valence-corrected chi connectivity index (χ4v) is 2.39. The number of carbonyl (C=O) groups excluding carboxylic acids is 1. The summed E-state index contributed by atoms with van der Waals surface area (Å²) in [5.41, 5.74) is 1.17. The largest absolute Gasteiger partial charge is 0.357 e. The minimum absolute atomic E-state index is 0.143. The summed E-state index contributed by atoms with van der Waals surface area (Å²) in [5.74, 6) is 1.14. The summed E-state index contributed by atoms with van der Waals surface area (Å²) >= 11 is 0. The molecule has 0 bridgehead atoms. The molecule has 1 amide bonds. The van der Waals surface area contributed by atoms with Crippen LogP contribution in [-0.2, 0) is 11.2 Å². The van der Waals surface area contributed by atoms with Crippen LogP contribution in [0.5, 0.6) is 0 Å². The topological polar surface area (TPSA) is 45.2 Å². The van der Waals surface area contributed by atoms with Gasteiger partial charge in [-0.1, -0.05) is 13.8 Å². The van der Waals surface area contributed by atoms with Crippen LogP contribution in [0.3, 0.4) is 0 Å². The Morgan fingerprint density at radius 1 is 1.24 bits per heavy atom. The van der Waals surface area contributed by atoms with Gasteiger partial charge in [0.05, 0.1) is 0 Å². The van der Waals surface area contributed by atoms with E-state index < -0.39 is 0 Å². The van der Waals surface area contributed by atoms with Gasteiger partial charge in [0.15, 0.2) is 0 Å². The lowest BCUT2D eigenvalue weighted by molar-refractivity contribution is -0.121. The molecule has 1 rings (SSSR count). The second-order valence-corrected chi connectivity index (χ2v) is 5.28. The van der Waals surface area contributed by atoms with Gasteiger partial charge in [-0.25, -0.2) is 4.98 Å². The molecular weight excluding hydrogens is 262 g/mol. The normalized spacial score (nSPS) is 10.7. The van der Waals surface area contributed by atoms with Crippen molar-refractivity contribution in [3.63, 3.8) is 0 Å². The van der Waals surface area contributed by atoms with E-state index in [9.17, 15) is 4.79 Å². The Balaban J connectivity index is 2.55. The van der Waals surface area contributed by atoms with Crippen LogP contribution in [0.25, 0.3) is 0 Å².